The van der Waals surface area contributed by atoms with E-state index in [2.05, 4.69) is 4.99 Å². The van der Waals surface area contributed by atoms with Gasteiger partial charge in [-0.1, -0.05) is 12.1 Å². The third kappa shape index (κ3) is 1.75. The van der Waals surface area contributed by atoms with Gasteiger partial charge in [0.05, 0.1) is 10.5 Å². The van der Waals surface area contributed by atoms with Crippen molar-refractivity contribution < 1.29 is 4.92 Å². The van der Waals surface area contributed by atoms with Gasteiger partial charge in [-0.15, -0.1) is 0 Å². The van der Waals surface area contributed by atoms with Gasteiger partial charge in [-0.25, -0.2) is 0 Å². The number of nitrogens with zero attached hydrogens (tertiary/aromatic N) is 3. The number of hydrogen-bond donors (Lipinski definition) is 0. The Hall–Kier alpha value is -2.22. The highest BCUT2D eigenvalue weighted by molar-refractivity contribution is 6.13. The van der Waals surface area contributed by atoms with Gasteiger partial charge in [0, 0.05) is 13.1 Å². The molecule has 0 saturated carbocycles. The molecule has 0 saturated heterocycles. The summed E-state index contributed by atoms with van der Waals surface area (Å²) in [5.74, 6) is 0. The highest BCUT2D eigenvalue weighted by Crippen LogP contribution is 2.18. The van der Waals surface area contributed by atoms with E-state index in [1.807, 2.05) is 6.07 Å². The van der Waals surface area contributed by atoms with Crippen molar-refractivity contribution in [1.29, 1.82) is 5.26 Å². The smallest absolute Gasteiger partial charge is 0.277 e. The number of nitro groups is 1. The molecule has 5 heteroatoms. The number of rotatable bonds is 2. The fourth-order valence-electron chi connectivity index (χ4n) is 1.06. The Morgan fingerprint density at radius 3 is 2.71 bits per heavy atom. The molecule has 14 heavy (non-hydrogen) atoms. The van der Waals surface area contributed by atoms with Crippen LogP contribution in [0.15, 0.2) is 29.3 Å². The zero-order chi connectivity index (χ0) is 10.6. The van der Waals surface area contributed by atoms with Crippen LogP contribution in [0.1, 0.15) is 5.56 Å². The molecule has 0 amide bonds. The molecule has 5 nitrogen and oxygen atoms in total. The van der Waals surface area contributed by atoms with Gasteiger partial charge >= 0.3 is 0 Å². The van der Waals surface area contributed by atoms with Crippen LogP contribution < -0.4 is 0 Å². The number of benzene rings is 1. The summed E-state index contributed by atoms with van der Waals surface area (Å²) in [6.45, 7) is 0. The van der Waals surface area contributed by atoms with E-state index in [-0.39, 0.29) is 17.0 Å². The lowest BCUT2D eigenvalue weighted by Gasteiger charge is -1.98. The van der Waals surface area contributed by atoms with Crippen molar-refractivity contribution >= 4 is 11.4 Å². The van der Waals surface area contributed by atoms with Gasteiger partial charge in [-0.2, -0.15) is 5.26 Å². The first kappa shape index (κ1) is 9.86. The van der Waals surface area contributed by atoms with Crippen LogP contribution in [0, 0.1) is 21.4 Å². The monoisotopic (exact) mass is 189 g/mol. The maximum atomic E-state index is 10.6. The predicted molar refractivity (Wildman–Crippen MR) is 51.2 cm³/mol. The van der Waals surface area contributed by atoms with Gasteiger partial charge in [0.15, 0.2) is 0 Å². The Morgan fingerprint density at radius 1 is 1.57 bits per heavy atom. The molecule has 1 rings (SSSR count). The van der Waals surface area contributed by atoms with Crippen molar-refractivity contribution in [3.05, 3.63) is 39.9 Å². The fraction of sp³-hybridized carbons (Fsp3) is 0.111. The molecule has 0 aliphatic carbocycles. The minimum atomic E-state index is -0.530. The second kappa shape index (κ2) is 4.14. The summed E-state index contributed by atoms with van der Waals surface area (Å²) in [6, 6.07) is 7.84. The molecule has 0 atom stereocenters. The Kier molecular flexibility index (Phi) is 2.92. The van der Waals surface area contributed by atoms with Gasteiger partial charge in [0.2, 0.25) is 0 Å². The number of nitro benzene ring substituents is 1. The number of nitriles is 1. The lowest BCUT2D eigenvalue weighted by Crippen LogP contribution is -2.02. The van der Waals surface area contributed by atoms with Crippen LogP contribution in [0.4, 0.5) is 5.69 Å². The lowest BCUT2D eigenvalue weighted by molar-refractivity contribution is -0.385. The summed E-state index contributed by atoms with van der Waals surface area (Å²) in [7, 11) is 1.43. The molecule has 1 aromatic carbocycles. The third-order valence-corrected chi connectivity index (χ3v) is 1.69. The molecule has 0 unspecified atom stereocenters. The Morgan fingerprint density at radius 2 is 2.21 bits per heavy atom. The normalized spacial score (nSPS) is 10.7. The zero-order valence-corrected chi connectivity index (χ0v) is 7.47. The van der Waals surface area contributed by atoms with E-state index in [0.717, 1.165) is 0 Å². The molecule has 0 N–H and O–H groups in total. The minimum absolute atomic E-state index is 0.0669. The maximum absolute atomic E-state index is 10.6. The van der Waals surface area contributed by atoms with E-state index in [0.29, 0.717) is 0 Å². The van der Waals surface area contributed by atoms with Crippen molar-refractivity contribution in [2.45, 2.75) is 0 Å². The topological polar surface area (TPSA) is 79.3 Å². The van der Waals surface area contributed by atoms with Crippen LogP contribution in [0.2, 0.25) is 0 Å². The van der Waals surface area contributed by atoms with Crippen molar-refractivity contribution in [2.75, 3.05) is 7.05 Å². The summed E-state index contributed by atoms with van der Waals surface area (Å²) in [5.41, 5.74) is 0.217. The number of aliphatic imine (C=N–C) groups is 1. The molecule has 0 radical (unpaired) electrons. The van der Waals surface area contributed by atoms with Gasteiger partial charge < -0.3 is 0 Å². The Labute approximate surface area is 80.5 Å². The molecule has 0 bridgehead atoms. The van der Waals surface area contributed by atoms with Crippen LogP contribution in [0.5, 0.6) is 0 Å². The Balaban J connectivity index is 3.35. The summed E-state index contributed by atoms with van der Waals surface area (Å²) in [5, 5.41) is 19.3. The predicted octanol–water partition coefficient (Wildman–Crippen LogP) is 1.54. The van der Waals surface area contributed by atoms with Crippen molar-refractivity contribution in [2.24, 2.45) is 4.99 Å². The van der Waals surface area contributed by atoms with Crippen molar-refractivity contribution in [3.63, 3.8) is 0 Å². The highest BCUT2D eigenvalue weighted by Gasteiger charge is 2.16. The van der Waals surface area contributed by atoms with Gasteiger partial charge in [0.25, 0.3) is 5.69 Å². The third-order valence-electron chi connectivity index (χ3n) is 1.69. The van der Waals surface area contributed by atoms with E-state index in [4.69, 9.17) is 5.26 Å². The van der Waals surface area contributed by atoms with Gasteiger partial charge in [-0.3, -0.25) is 15.1 Å². The highest BCUT2D eigenvalue weighted by atomic mass is 16.6. The number of hydrogen-bond acceptors (Lipinski definition) is 4. The zero-order valence-electron chi connectivity index (χ0n) is 7.47. The molecular formula is C9H7N3O2. The molecule has 0 fully saturated rings. The van der Waals surface area contributed by atoms with E-state index in [9.17, 15) is 10.1 Å². The first-order valence-electron chi connectivity index (χ1n) is 3.81. The minimum Gasteiger partial charge on any atom is -0.277 e. The SMILES string of the molecule is CN=C(C#N)c1ccccc1[N+](=O)[O-]. The largest absolute Gasteiger partial charge is 0.279 e. The van der Waals surface area contributed by atoms with Gasteiger partial charge in [0.1, 0.15) is 11.8 Å². The quantitative estimate of drug-likeness (QED) is 0.402. The van der Waals surface area contributed by atoms with Crippen LogP contribution in [-0.2, 0) is 0 Å². The second-order valence-electron chi connectivity index (χ2n) is 2.46. The molecule has 1 aromatic rings. The average molecular weight is 189 g/mol. The van der Waals surface area contributed by atoms with E-state index >= 15 is 0 Å². The molecule has 70 valence electrons. The molecule has 0 aliphatic heterocycles. The van der Waals surface area contributed by atoms with Crippen LogP contribution >= 0.6 is 0 Å². The Bertz CT molecular complexity index is 432. The van der Waals surface area contributed by atoms with E-state index in [1.54, 1.807) is 12.1 Å². The van der Waals surface area contributed by atoms with Gasteiger partial charge in [-0.05, 0) is 6.07 Å². The maximum Gasteiger partial charge on any atom is 0.279 e. The van der Waals surface area contributed by atoms with Crippen LogP contribution in [0.3, 0.4) is 0 Å². The van der Waals surface area contributed by atoms with E-state index in [1.165, 1.54) is 19.2 Å². The van der Waals surface area contributed by atoms with Crippen LogP contribution in [0.25, 0.3) is 0 Å². The summed E-state index contributed by atoms with van der Waals surface area (Å²) in [6.07, 6.45) is 0. The molecule has 0 aliphatic rings. The van der Waals surface area contributed by atoms with E-state index < -0.39 is 4.92 Å². The fourth-order valence-corrected chi connectivity index (χ4v) is 1.06. The van der Waals surface area contributed by atoms with Crippen LogP contribution in [-0.4, -0.2) is 17.7 Å². The molecule has 0 spiro atoms. The summed E-state index contributed by atoms with van der Waals surface area (Å²) < 4.78 is 0. The first-order valence-corrected chi connectivity index (χ1v) is 3.81. The molecular weight excluding hydrogens is 182 g/mol. The second-order valence-corrected chi connectivity index (χ2v) is 2.46. The summed E-state index contributed by atoms with van der Waals surface area (Å²) >= 11 is 0. The molecule has 0 heterocycles. The summed E-state index contributed by atoms with van der Waals surface area (Å²) in [4.78, 5) is 13.7. The number of para-hydroxylation sites is 1. The standard InChI is InChI=1S/C9H7N3O2/c1-11-8(6-10)7-4-2-3-5-9(7)12(13)14/h2-5H,1H3. The lowest BCUT2D eigenvalue weighted by atomic mass is 10.1. The van der Waals surface area contributed by atoms with Crippen molar-refractivity contribution in [1.82, 2.24) is 0 Å². The van der Waals surface area contributed by atoms with Crippen molar-refractivity contribution in [3.8, 4) is 6.07 Å². The molecule has 0 aromatic heterocycles. The average Bonchev–Trinajstić information content (AvgIpc) is 2.20. The first-order chi connectivity index (χ1) is 6.70.